The molecule has 0 amide bonds. The molecule has 4 heteroatoms. The number of aliphatic hydroxyl groups excluding tert-OH is 1. The van der Waals surface area contributed by atoms with Gasteiger partial charge in [-0.3, -0.25) is 0 Å². The molecule has 2 unspecified atom stereocenters. The molecule has 3 atom stereocenters. The summed E-state index contributed by atoms with van der Waals surface area (Å²) in [5, 5.41) is 13.0. The van der Waals surface area contributed by atoms with E-state index in [1.807, 2.05) is 11.8 Å². The largest absolute Gasteiger partial charge is 0.395 e. The zero-order valence-corrected chi connectivity index (χ0v) is 11.8. The number of nitrogens with one attached hydrogen (secondary N) is 1. The summed E-state index contributed by atoms with van der Waals surface area (Å²) in [6.45, 7) is 5.42. The van der Waals surface area contributed by atoms with Crippen molar-refractivity contribution in [2.75, 3.05) is 24.7 Å². The van der Waals surface area contributed by atoms with Crippen LogP contribution in [0, 0.1) is 5.92 Å². The van der Waals surface area contributed by atoms with Crippen LogP contribution in [0.4, 0.5) is 0 Å². The Morgan fingerprint density at radius 3 is 2.94 bits per heavy atom. The molecule has 3 nitrogen and oxygen atoms in total. The summed E-state index contributed by atoms with van der Waals surface area (Å²) in [4.78, 5) is 0. The van der Waals surface area contributed by atoms with Crippen molar-refractivity contribution in [2.45, 2.75) is 50.8 Å². The van der Waals surface area contributed by atoms with Gasteiger partial charge in [-0.1, -0.05) is 13.8 Å². The summed E-state index contributed by atoms with van der Waals surface area (Å²) in [5.74, 6) is 2.87. The molecule has 2 heterocycles. The molecule has 2 N–H and O–H groups in total. The second-order valence-corrected chi connectivity index (χ2v) is 6.83. The fourth-order valence-electron chi connectivity index (χ4n) is 2.79. The molecule has 0 radical (unpaired) electrons. The molecule has 0 aromatic rings. The highest BCUT2D eigenvalue weighted by atomic mass is 32.2. The fraction of sp³-hybridized carbons (Fsp3) is 1.00. The van der Waals surface area contributed by atoms with Gasteiger partial charge in [-0.15, -0.1) is 0 Å². The Morgan fingerprint density at radius 2 is 2.35 bits per heavy atom. The van der Waals surface area contributed by atoms with Gasteiger partial charge in [0.25, 0.3) is 0 Å². The average Bonchev–Trinajstić information content (AvgIpc) is 2.74. The minimum absolute atomic E-state index is 0.136. The maximum absolute atomic E-state index is 9.39. The minimum Gasteiger partial charge on any atom is -0.395 e. The van der Waals surface area contributed by atoms with E-state index in [0.717, 1.165) is 25.2 Å². The maximum Gasteiger partial charge on any atom is 0.0795 e. The molecule has 2 fully saturated rings. The van der Waals surface area contributed by atoms with Gasteiger partial charge in [0.1, 0.15) is 0 Å². The van der Waals surface area contributed by atoms with Crippen LogP contribution < -0.4 is 5.32 Å². The summed E-state index contributed by atoms with van der Waals surface area (Å²) in [6.07, 6.45) is 3.39. The Labute approximate surface area is 109 Å². The lowest BCUT2D eigenvalue weighted by Gasteiger charge is -2.40. The third kappa shape index (κ3) is 3.37. The zero-order chi connectivity index (χ0) is 12.3. The molecule has 0 aliphatic carbocycles. The van der Waals surface area contributed by atoms with E-state index in [0.29, 0.717) is 12.0 Å². The molecule has 0 aromatic heterocycles. The van der Waals surface area contributed by atoms with Crippen molar-refractivity contribution in [1.82, 2.24) is 5.32 Å². The van der Waals surface area contributed by atoms with Crippen molar-refractivity contribution in [1.29, 1.82) is 0 Å². The smallest absolute Gasteiger partial charge is 0.0795 e. The van der Waals surface area contributed by atoms with Crippen molar-refractivity contribution in [3.8, 4) is 0 Å². The zero-order valence-electron chi connectivity index (χ0n) is 10.9. The monoisotopic (exact) mass is 259 g/mol. The third-order valence-electron chi connectivity index (χ3n) is 4.01. The minimum atomic E-state index is 0.136. The lowest BCUT2D eigenvalue weighted by Crippen LogP contribution is -2.51. The molecule has 0 aromatic carbocycles. The van der Waals surface area contributed by atoms with Gasteiger partial charge in [-0.25, -0.2) is 0 Å². The van der Waals surface area contributed by atoms with E-state index >= 15 is 0 Å². The number of hydrogen-bond donors (Lipinski definition) is 2. The van der Waals surface area contributed by atoms with Gasteiger partial charge in [-0.05, 0) is 30.9 Å². The molecule has 100 valence electrons. The first-order valence-corrected chi connectivity index (χ1v) is 7.89. The number of thioether (sulfide) groups is 1. The van der Waals surface area contributed by atoms with Crippen molar-refractivity contribution < 1.29 is 9.84 Å². The van der Waals surface area contributed by atoms with E-state index < -0.39 is 0 Å². The SMILES string of the molecule is CC(C)[C@@H](CO)NC1CCOC2(CCSC2)C1. The van der Waals surface area contributed by atoms with Crippen molar-refractivity contribution in [2.24, 2.45) is 5.92 Å². The molecule has 2 saturated heterocycles. The van der Waals surface area contributed by atoms with Crippen LogP contribution in [-0.2, 0) is 4.74 Å². The molecule has 0 bridgehead atoms. The van der Waals surface area contributed by atoms with Gasteiger partial charge in [0.2, 0.25) is 0 Å². The second-order valence-electron chi connectivity index (χ2n) is 5.72. The highest BCUT2D eigenvalue weighted by Gasteiger charge is 2.40. The molecule has 0 saturated carbocycles. The standard InChI is InChI=1S/C13H25NO2S/c1-10(2)12(8-15)14-11-3-5-16-13(7-11)4-6-17-9-13/h10-12,14-15H,3-9H2,1-2H3/t11?,12-,13?/m1/s1. The molecule has 17 heavy (non-hydrogen) atoms. The molecular weight excluding hydrogens is 234 g/mol. The van der Waals surface area contributed by atoms with Crippen molar-refractivity contribution in [3.63, 3.8) is 0 Å². The molecule has 2 aliphatic rings. The second kappa shape index (κ2) is 5.91. The number of hydrogen-bond acceptors (Lipinski definition) is 4. The van der Waals surface area contributed by atoms with Crippen molar-refractivity contribution in [3.05, 3.63) is 0 Å². The van der Waals surface area contributed by atoms with Crippen LogP contribution in [0.1, 0.15) is 33.1 Å². The van der Waals surface area contributed by atoms with E-state index in [1.54, 1.807) is 0 Å². The van der Waals surface area contributed by atoms with Gasteiger partial charge in [-0.2, -0.15) is 11.8 Å². The van der Waals surface area contributed by atoms with Gasteiger partial charge < -0.3 is 15.2 Å². The maximum atomic E-state index is 9.39. The lowest BCUT2D eigenvalue weighted by atomic mass is 9.89. The van der Waals surface area contributed by atoms with E-state index in [9.17, 15) is 5.11 Å². The highest BCUT2D eigenvalue weighted by Crippen LogP contribution is 2.38. The van der Waals surface area contributed by atoms with Gasteiger partial charge in [0.15, 0.2) is 0 Å². The Kier molecular flexibility index (Phi) is 4.75. The van der Waals surface area contributed by atoms with Crippen LogP contribution in [0.2, 0.25) is 0 Å². The van der Waals surface area contributed by atoms with Crippen LogP contribution in [0.25, 0.3) is 0 Å². The predicted molar refractivity (Wildman–Crippen MR) is 72.5 cm³/mol. The van der Waals surface area contributed by atoms with Crippen LogP contribution in [0.5, 0.6) is 0 Å². The molecule has 2 aliphatic heterocycles. The Hall–Kier alpha value is 0.230. The first kappa shape index (κ1) is 13.7. The quantitative estimate of drug-likeness (QED) is 0.805. The van der Waals surface area contributed by atoms with E-state index in [1.165, 1.54) is 12.2 Å². The summed E-state index contributed by atoms with van der Waals surface area (Å²) in [7, 11) is 0. The lowest BCUT2D eigenvalue weighted by molar-refractivity contribution is -0.0727. The molecule has 1 spiro atoms. The highest BCUT2D eigenvalue weighted by molar-refractivity contribution is 7.99. The summed E-state index contributed by atoms with van der Waals surface area (Å²) in [6, 6.07) is 0.742. The number of rotatable bonds is 4. The molecule has 2 rings (SSSR count). The fourth-order valence-corrected chi connectivity index (χ4v) is 4.17. The van der Waals surface area contributed by atoms with E-state index in [-0.39, 0.29) is 18.2 Å². The van der Waals surface area contributed by atoms with Gasteiger partial charge in [0.05, 0.1) is 12.2 Å². The third-order valence-corrected chi connectivity index (χ3v) is 5.23. The Balaban J connectivity index is 1.88. The van der Waals surface area contributed by atoms with E-state index in [2.05, 4.69) is 19.2 Å². The van der Waals surface area contributed by atoms with E-state index in [4.69, 9.17) is 4.74 Å². The summed E-state index contributed by atoms with van der Waals surface area (Å²) >= 11 is 2.01. The topological polar surface area (TPSA) is 41.5 Å². The first-order chi connectivity index (χ1) is 8.15. The van der Waals surface area contributed by atoms with Crippen molar-refractivity contribution >= 4 is 11.8 Å². The predicted octanol–water partition coefficient (Wildman–Crippen LogP) is 1.65. The Morgan fingerprint density at radius 1 is 1.53 bits per heavy atom. The molecular formula is C13H25NO2S. The number of ether oxygens (including phenoxy) is 1. The van der Waals surface area contributed by atoms with Crippen LogP contribution in [0.15, 0.2) is 0 Å². The normalized spacial score (nSPS) is 35.6. The Bertz CT molecular complexity index is 242. The van der Waals surface area contributed by atoms with Crippen LogP contribution >= 0.6 is 11.8 Å². The first-order valence-electron chi connectivity index (χ1n) is 6.74. The van der Waals surface area contributed by atoms with Crippen LogP contribution in [0.3, 0.4) is 0 Å². The van der Waals surface area contributed by atoms with Crippen LogP contribution in [-0.4, -0.2) is 47.5 Å². The summed E-state index contributed by atoms with van der Waals surface area (Å²) < 4.78 is 6.01. The number of aliphatic hydroxyl groups is 1. The summed E-state index contributed by atoms with van der Waals surface area (Å²) in [5.41, 5.74) is 0.136. The van der Waals surface area contributed by atoms with Gasteiger partial charge >= 0.3 is 0 Å². The van der Waals surface area contributed by atoms with Gasteiger partial charge in [0, 0.05) is 24.4 Å². The average molecular weight is 259 g/mol.